The standard InChI is InChI=1S/C5H11NO2S.Bi.3H/c1-9-3-2-4(6)5(7)8;;;;/h4H,2-3,6H2,1H3,(H,7,8);;;;/t4-;;;;/m0..../s1. The number of hydrogen-bond donors (Lipinski definition) is 2. The topological polar surface area (TPSA) is 63.3 Å². The Morgan fingerprint density at radius 3 is 2.60 bits per heavy atom. The zero-order valence-corrected chi connectivity index (χ0v) is 12.4. The molecule has 3 N–H and O–H groups in total. The normalized spacial score (nSPS) is 11.8. The Hall–Kier alpha value is 0.663. The van der Waals surface area contributed by atoms with Crippen molar-refractivity contribution >= 4 is 43.9 Å². The Morgan fingerprint density at radius 1 is 1.80 bits per heavy atom. The van der Waals surface area contributed by atoms with Crippen LogP contribution in [0.5, 0.6) is 0 Å². The van der Waals surface area contributed by atoms with E-state index in [4.69, 9.17) is 10.8 Å². The van der Waals surface area contributed by atoms with E-state index < -0.39 is 12.0 Å². The first-order valence-electron chi connectivity index (χ1n) is 2.65. The first kappa shape index (κ1) is 13.3. The van der Waals surface area contributed by atoms with Gasteiger partial charge in [-0.3, -0.25) is 4.79 Å². The second-order valence-electron chi connectivity index (χ2n) is 1.73. The van der Waals surface area contributed by atoms with Crippen LogP contribution in [0.2, 0.25) is 0 Å². The van der Waals surface area contributed by atoms with Crippen LogP contribution in [0.4, 0.5) is 0 Å². The van der Waals surface area contributed by atoms with Gasteiger partial charge in [0.15, 0.2) is 0 Å². The van der Waals surface area contributed by atoms with Crippen LogP contribution in [0, 0.1) is 0 Å². The summed E-state index contributed by atoms with van der Waals surface area (Å²) >= 11 is 1.60. The first-order chi connectivity index (χ1) is 4.18. The zero-order chi connectivity index (χ0) is 7.28. The third-order valence-corrected chi connectivity index (χ3v) is 1.59. The molecular formula is C5H14BiNO2S. The molecule has 3 nitrogen and oxygen atoms in total. The molecule has 0 fully saturated rings. The minimum absolute atomic E-state index is 0. The van der Waals surface area contributed by atoms with Crippen molar-refractivity contribution < 1.29 is 9.90 Å². The summed E-state index contributed by atoms with van der Waals surface area (Å²) in [4.78, 5) is 10.1. The van der Waals surface area contributed by atoms with Crippen LogP contribution in [0.15, 0.2) is 0 Å². The average Bonchev–Trinajstić information content (AvgIpc) is 1.82. The van der Waals surface area contributed by atoms with Gasteiger partial charge in [-0.1, -0.05) is 0 Å². The van der Waals surface area contributed by atoms with E-state index in [1.165, 1.54) is 0 Å². The van der Waals surface area contributed by atoms with Crippen LogP contribution in [-0.2, 0) is 4.79 Å². The molecular weight excluding hydrogens is 347 g/mol. The van der Waals surface area contributed by atoms with Crippen LogP contribution in [0.3, 0.4) is 0 Å². The second kappa shape index (κ2) is 7.77. The molecule has 0 spiro atoms. The number of hydrogen-bond acceptors (Lipinski definition) is 3. The van der Waals surface area contributed by atoms with Gasteiger partial charge in [-0.15, -0.1) is 0 Å². The molecule has 0 saturated carbocycles. The SMILES string of the molecule is CSCC[C@H](N)C(=O)O.[BiH3]. The summed E-state index contributed by atoms with van der Waals surface area (Å²) < 4.78 is 0. The van der Waals surface area contributed by atoms with E-state index in [1.54, 1.807) is 11.8 Å². The van der Waals surface area contributed by atoms with E-state index in [2.05, 4.69) is 0 Å². The summed E-state index contributed by atoms with van der Waals surface area (Å²) in [5.74, 6) is -0.1000. The summed E-state index contributed by atoms with van der Waals surface area (Å²) in [5.41, 5.74) is 5.19. The van der Waals surface area contributed by atoms with E-state index in [9.17, 15) is 4.79 Å². The third-order valence-electron chi connectivity index (χ3n) is 0.950. The van der Waals surface area contributed by atoms with E-state index >= 15 is 0 Å². The number of nitrogens with two attached hydrogens (primary N) is 1. The summed E-state index contributed by atoms with van der Waals surface area (Å²) in [6, 6.07) is -0.683. The molecule has 0 heterocycles. The van der Waals surface area contributed by atoms with Gasteiger partial charge in [0.25, 0.3) is 0 Å². The monoisotopic (exact) mass is 361 g/mol. The van der Waals surface area contributed by atoms with Crippen molar-refractivity contribution in [3.63, 3.8) is 0 Å². The maximum absolute atomic E-state index is 10.1. The molecule has 0 aromatic heterocycles. The van der Waals surface area contributed by atoms with Crippen molar-refractivity contribution in [2.24, 2.45) is 5.73 Å². The van der Waals surface area contributed by atoms with Crippen LogP contribution >= 0.6 is 11.8 Å². The van der Waals surface area contributed by atoms with Crippen LogP contribution in [-0.4, -0.2) is 55.3 Å². The van der Waals surface area contributed by atoms with Gasteiger partial charge in [-0.2, -0.15) is 11.8 Å². The second-order valence-corrected chi connectivity index (χ2v) is 2.71. The van der Waals surface area contributed by atoms with Crippen LogP contribution in [0.1, 0.15) is 6.42 Å². The third kappa shape index (κ3) is 6.78. The minimum atomic E-state index is -0.913. The number of carboxylic acids is 1. The molecule has 0 bridgehead atoms. The summed E-state index contributed by atoms with van der Waals surface area (Å²) in [6.07, 6.45) is 2.48. The fourth-order valence-corrected chi connectivity index (χ4v) is 0.858. The molecule has 0 aromatic rings. The van der Waals surface area contributed by atoms with Gasteiger partial charge in [0.05, 0.1) is 0 Å². The Morgan fingerprint density at radius 2 is 2.30 bits per heavy atom. The molecule has 10 heavy (non-hydrogen) atoms. The molecule has 5 heteroatoms. The number of carbonyl (C=O) groups is 1. The van der Waals surface area contributed by atoms with Gasteiger partial charge in [0.2, 0.25) is 0 Å². The number of aliphatic carboxylic acids is 1. The molecule has 0 rings (SSSR count). The molecule has 62 valence electrons. The molecule has 0 aromatic carbocycles. The fourth-order valence-electron chi connectivity index (χ4n) is 0.368. The fraction of sp³-hybridized carbons (Fsp3) is 0.800. The van der Waals surface area contributed by atoms with Crippen LogP contribution in [0.25, 0.3) is 0 Å². The average molecular weight is 361 g/mol. The van der Waals surface area contributed by atoms with Gasteiger partial charge in [-0.25, -0.2) is 0 Å². The van der Waals surface area contributed by atoms with Crippen molar-refractivity contribution in [1.82, 2.24) is 0 Å². The van der Waals surface area contributed by atoms with E-state index in [-0.39, 0.29) is 26.2 Å². The predicted octanol–water partition coefficient (Wildman–Crippen LogP) is -1.03. The Labute approximate surface area is 83.9 Å². The van der Waals surface area contributed by atoms with Crippen molar-refractivity contribution in [2.45, 2.75) is 12.5 Å². The van der Waals surface area contributed by atoms with Crippen molar-refractivity contribution in [2.75, 3.05) is 12.0 Å². The van der Waals surface area contributed by atoms with E-state index in [0.717, 1.165) is 5.75 Å². The predicted molar refractivity (Wildman–Crippen MR) is 48.5 cm³/mol. The molecule has 0 unspecified atom stereocenters. The maximum atomic E-state index is 10.1. The molecule has 0 aliphatic heterocycles. The molecule has 0 aliphatic rings. The van der Waals surface area contributed by atoms with Crippen molar-refractivity contribution in [3.05, 3.63) is 0 Å². The number of thioether (sulfide) groups is 1. The molecule has 0 amide bonds. The van der Waals surface area contributed by atoms with E-state index in [1.807, 2.05) is 6.26 Å². The van der Waals surface area contributed by atoms with Gasteiger partial charge >= 0.3 is 32.2 Å². The quantitative estimate of drug-likeness (QED) is 0.629. The van der Waals surface area contributed by atoms with Crippen molar-refractivity contribution in [3.8, 4) is 0 Å². The molecule has 0 aliphatic carbocycles. The zero-order valence-electron chi connectivity index (χ0n) is 6.04. The number of carboxylic acid groups (broad SMARTS) is 1. The van der Waals surface area contributed by atoms with E-state index in [0.29, 0.717) is 6.42 Å². The Kier molecular flexibility index (Phi) is 10.3. The Bertz CT molecular complexity index is 102. The summed E-state index contributed by atoms with van der Waals surface area (Å²) in [7, 11) is 0. The molecule has 0 radical (unpaired) electrons. The van der Waals surface area contributed by atoms with Crippen molar-refractivity contribution in [1.29, 1.82) is 0 Å². The van der Waals surface area contributed by atoms with Gasteiger partial charge in [-0.05, 0) is 18.4 Å². The van der Waals surface area contributed by atoms with Gasteiger partial charge in [0, 0.05) is 0 Å². The molecule has 0 saturated heterocycles. The Balaban J connectivity index is 0. The summed E-state index contributed by atoms with van der Waals surface area (Å²) in [6.45, 7) is 0. The van der Waals surface area contributed by atoms with Gasteiger partial charge < -0.3 is 10.8 Å². The van der Waals surface area contributed by atoms with Crippen LogP contribution < -0.4 is 5.73 Å². The first-order valence-corrected chi connectivity index (χ1v) is 4.05. The number of rotatable bonds is 4. The van der Waals surface area contributed by atoms with Gasteiger partial charge in [0.1, 0.15) is 6.04 Å². The summed E-state index contributed by atoms with van der Waals surface area (Å²) in [5, 5.41) is 8.27. The molecule has 1 atom stereocenters.